The maximum absolute atomic E-state index is 12.2. The van der Waals surface area contributed by atoms with Crippen LogP contribution in [-0.4, -0.2) is 25.1 Å². The summed E-state index contributed by atoms with van der Waals surface area (Å²) >= 11 is 0. The number of anilines is 1. The van der Waals surface area contributed by atoms with Crippen LogP contribution in [0.25, 0.3) is 0 Å². The lowest BCUT2D eigenvalue weighted by Gasteiger charge is -2.34. The van der Waals surface area contributed by atoms with E-state index < -0.39 is 0 Å². The topological polar surface area (TPSA) is 55.6 Å². The van der Waals surface area contributed by atoms with E-state index in [0.29, 0.717) is 0 Å². The molecule has 0 radical (unpaired) electrons. The van der Waals surface area contributed by atoms with Crippen molar-refractivity contribution in [2.45, 2.75) is 38.8 Å². The van der Waals surface area contributed by atoms with Crippen molar-refractivity contribution in [2.24, 2.45) is 11.7 Å². The first kappa shape index (κ1) is 13.9. The molecule has 2 rings (SSSR count). The van der Waals surface area contributed by atoms with Gasteiger partial charge in [-0.25, -0.2) is 0 Å². The third kappa shape index (κ3) is 3.26. The van der Waals surface area contributed by atoms with Crippen molar-refractivity contribution in [1.29, 1.82) is 0 Å². The van der Waals surface area contributed by atoms with E-state index in [1.807, 2.05) is 45.2 Å². The predicted molar refractivity (Wildman–Crippen MR) is 76.3 cm³/mol. The molecule has 1 aliphatic carbocycles. The summed E-state index contributed by atoms with van der Waals surface area (Å²) in [5, 5.41) is 0. The van der Waals surface area contributed by atoms with Gasteiger partial charge in [0.1, 0.15) is 5.75 Å². The number of carbonyl (C=O) groups is 1. The quantitative estimate of drug-likeness (QED) is 0.904. The Hall–Kier alpha value is -1.55. The Morgan fingerprint density at radius 3 is 2.37 bits per heavy atom. The van der Waals surface area contributed by atoms with Gasteiger partial charge in [-0.05, 0) is 51.0 Å². The first-order valence-electron chi connectivity index (χ1n) is 6.77. The average molecular weight is 262 g/mol. The number of carbonyl (C=O) groups excluding carboxylic acids is 1. The fourth-order valence-corrected chi connectivity index (χ4v) is 2.29. The van der Waals surface area contributed by atoms with Gasteiger partial charge in [0.05, 0.1) is 6.10 Å². The van der Waals surface area contributed by atoms with E-state index in [4.69, 9.17) is 10.5 Å². The molecule has 104 valence electrons. The van der Waals surface area contributed by atoms with E-state index in [0.717, 1.165) is 24.3 Å². The van der Waals surface area contributed by atoms with Crippen LogP contribution in [-0.2, 0) is 4.79 Å². The normalized spacial score (nSPS) is 21.9. The second-order valence-electron chi connectivity index (χ2n) is 5.49. The summed E-state index contributed by atoms with van der Waals surface area (Å²) in [5.74, 6) is 1.07. The molecule has 4 nitrogen and oxygen atoms in total. The van der Waals surface area contributed by atoms with Crippen molar-refractivity contribution in [1.82, 2.24) is 0 Å². The summed E-state index contributed by atoms with van der Waals surface area (Å²) < 4.78 is 5.58. The molecule has 1 aliphatic rings. The molecule has 1 amide bonds. The van der Waals surface area contributed by atoms with Gasteiger partial charge in [-0.2, -0.15) is 0 Å². The molecule has 0 atom stereocenters. The molecule has 1 fully saturated rings. The van der Waals surface area contributed by atoms with Gasteiger partial charge >= 0.3 is 0 Å². The molecule has 1 saturated carbocycles. The van der Waals surface area contributed by atoms with Crippen LogP contribution < -0.4 is 15.4 Å². The molecular weight excluding hydrogens is 240 g/mol. The number of hydrogen-bond acceptors (Lipinski definition) is 3. The fourth-order valence-electron chi connectivity index (χ4n) is 2.29. The third-order valence-corrected chi connectivity index (χ3v) is 3.45. The predicted octanol–water partition coefficient (Wildman–Crippen LogP) is 2.17. The van der Waals surface area contributed by atoms with E-state index >= 15 is 0 Å². The first-order chi connectivity index (χ1) is 8.97. The zero-order valence-electron chi connectivity index (χ0n) is 11.8. The van der Waals surface area contributed by atoms with Gasteiger partial charge in [-0.15, -0.1) is 0 Å². The van der Waals surface area contributed by atoms with Crippen LogP contribution in [0.2, 0.25) is 0 Å². The molecule has 0 heterocycles. The van der Waals surface area contributed by atoms with E-state index in [2.05, 4.69) is 0 Å². The molecule has 0 bridgehead atoms. The average Bonchev–Trinajstić information content (AvgIpc) is 2.33. The third-order valence-electron chi connectivity index (χ3n) is 3.45. The highest BCUT2D eigenvalue weighted by molar-refractivity contribution is 5.95. The molecule has 1 aromatic rings. The highest BCUT2D eigenvalue weighted by Gasteiger charge is 2.34. The van der Waals surface area contributed by atoms with E-state index in [9.17, 15) is 4.79 Å². The zero-order chi connectivity index (χ0) is 14.0. The van der Waals surface area contributed by atoms with Crippen LogP contribution in [0.4, 0.5) is 5.69 Å². The van der Waals surface area contributed by atoms with Crippen molar-refractivity contribution in [2.75, 3.05) is 11.9 Å². The maximum atomic E-state index is 12.2. The van der Waals surface area contributed by atoms with Crippen molar-refractivity contribution < 1.29 is 9.53 Å². The Morgan fingerprint density at radius 1 is 1.32 bits per heavy atom. The van der Waals surface area contributed by atoms with Crippen LogP contribution in [0.1, 0.15) is 26.7 Å². The summed E-state index contributed by atoms with van der Waals surface area (Å²) in [6, 6.07) is 7.81. The minimum atomic E-state index is 0.0894. The van der Waals surface area contributed by atoms with Gasteiger partial charge in [0.2, 0.25) is 5.91 Å². The number of rotatable bonds is 4. The van der Waals surface area contributed by atoms with Gasteiger partial charge < -0.3 is 15.4 Å². The molecule has 4 heteroatoms. The SMILES string of the molecule is CC(C)Oc1ccc(N(C)C(=O)C2CC(N)C2)cc1. The minimum Gasteiger partial charge on any atom is -0.491 e. The fraction of sp³-hybridized carbons (Fsp3) is 0.533. The molecular formula is C15H22N2O2. The second-order valence-corrected chi connectivity index (χ2v) is 5.49. The van der Waals surface area contributed by atoms with Gasteiger partial charge in [-0.3, -0.25) is 4.79 Å². The minimum absolute atomic E-state index is 0.0894. The molecule has 0 unspecified atom stereocenters. The summed E-state index contributed by atoms with van der Waals surface area (Å²) in [6.07, 6.45) is 1.76. The maximum Gasteiger partial charge on any atom is 0.229 e. The highest BCUT2D eigenvalue weighted by Crippen LogP contribution is 2.29. The Morgan fingerprint density at radius 2 is 1.89 bits per heavy atom. The summed E-state index contributed by atoms with van der Waals surface area (Å²) in [7, 11) is 1.81. The monoisotopic (exact) mass is 262 g/mol. The summed E-state index contributed by atoms with van der Waals surface area (Å²) in [4.78, 5) is 13.9. The van der Waals surface area contributed by atoms with Gasteiger partial charge in [0, 0.05) is 24.7 Å². The Labute approximate surface area is 114 Å². The molecule has 0 aromatic heterocycles. The lowest BCUT2D eigenvalue weighted by molar-refractivity contribution is -0.124. The van der Waals surface area contributed by atoms with Gasteiger partial charge in [-0.1, -0.05) is 0 Å². The first-order valence-corrected chi connectivity index (χ1v) is 6.77. The van der Waals surface area contributed by atoms with E-state index in [-0.39, 0.29) is 24.0 Å². The molecule has 0 aliphatic heterocycles. The van der Waals surface area contributed by atoms with Crippen LogP contribution in [0, 0.1) is 5.92 Å². The van der Waals surface area contributed by atoms with E-state index in [1.54, 1.807) is 4.90 Å². The molecule has 0 spiro atoms. The molecule has 19 heavy (non-hydrogen) atoms. The second kappa shape index (κ2) is 5.61. The number of amides is 1. The van der Waals surface area contributed by atoms with Gasteiger partial charge in [0.15, 0.2) is 0 Å². The number of hydrogen-bond donors (Lipinski definition) is 1. The zero-order valence-corrected chi connectivity index (χ0v) is 11.8. The van der Waals surface area contributed by atoms with Crippen LogP contribution in [0.3, 0.4) is 0 Å². The summed E-state index contributed by atoms with van der Waals surface area (Å²) in [5.41, 5.74) is 6.61. The van der Waals surface area contributed by atoms with Crippen molar-refractivity contribution in [3.63, 3.8) is 0 Å². The number of nitrogens with two attached hydrogens (primary N) is 1. The molecule has 0 saturated heterocycles. The Kier molecular flexibility index (Phi) is 4.10. The van der Waals surface area contributed by atoms with E-state index in [1.165, 1.54) is 0 Å². The lowest BCUT2D eigenvalue weighted by atomic mass is 9.80. The standard InChI is InChI=1S/C15H22N2O2/c1-10(2)19-14-6-4-13(5-7-14)17(3)15(18)11-8-12(16)9-11/h4-7,10-12H,8-9,16H2,1-3H3. The number of benzene rings is 1. The number of ether oxygens (including phenoxy) is 1. The van der Waals surface area contributed by atoms with Crippen LogP contribution in [0.5, 0.6) is 5.75 Å². The largest absolute Gasteiger partial charge is 0.491 e. The van der Waals surface area contributed by atoms with Crippen LogP contribution >= 0.6 is 0 Å². The highest BCUT2D eigenvalue weighted by atomic mass is 16.5. The smallest absolute Gasteiger partial charge is 0.229 e. The Bertz CT molecular complexity index is 436. The lowest BCUT2D eigenvalue weighted by Crippen LogP contribution is -2.45. The Balaban J connectivity index is 1.99. The van der Waals surface area contributed by atoms with Crippen molar-refractivity contribution >= 4 is 11.6 Å². The van der Waals surface area contributed by atoms with Crippen molar-refractivity contribution in [3.8, 4) is 5.75 Å². The molecule has 2 N–H and O–H groups in total. The number of nitrogens with zero attached hydrogens (tertiary/aromatic N) is 1. The molecule has 1 aromatic carbocycles. The summed E-state index contributed by atoms with van der Waals surface area (Å²) in [6.45, 7) is 3.98. The van der Waals surface area contributed by atoms with Gasteiger partial charge in [0.25, 0.3) is 0 Å². The van der Waals surface area contributed by atoms with Crippen LogP contribution in [0.15, 0.2) is 24.3 Å². The van der Waals surface area contributed by atoms with Crippen molar-refractivity contribution in [3.05, 3.63) is 24.3 Å².